The van der Waals surface area contributed by atoms with Gasteiger partial charge in [-0.05, 0) is 17.7 Å². The highest BCUT2D eigenvalue weighted by Crippen LogP contribution is 2.62. The van der Waals surface area contributed by atoms with Gasteiger partial charge in [0, 0.05) is 12.2 Å². The molecule has 0 bridgehead atoms. The zero-order valence-corrected chi connectivity index (χ0v) is 11.7. The Labute approximate surface area is 116 Å². The zero-order valence-electron chi connectivity index (χ0n) is 10.9. The minimum Gasteiger partial charge on any atom is -0.497 e. The quantitative estimate of drug-likeness (QED) is 0.881. The molecule has 0 amide bonds. The number of nitrogens with zero attached hydrogens (tertiary/aromatic N) is 1. The number of aliphatic carboxylic acids is 1. The van der Waals surface area contributed by atoms with Crippen LogP contribution in [0.1, 0.15) is 11.5 Å². The third kappa shape index (κ3) is 1.93. The zero-order chi connectivity index (χ0) is 15.1. The number of carbonyl (C=O) groups is 1. The van der Waals surface area contributed by atoms with E-state index in [0.29, 0.717) is 11.3 Å². The molecule has 1 fully saturated rings. The van der Waals surface area contributed by atoms with Crippen LogP contribution in [0.3, 0.4) is 0 Å². The predicted octanol–water partition coefficient (Wildman–Crippen LogP) is 0.800. The van der Waals surface area contributed by atoms with Gasteiger partial charge >= 0.3 is 5.97 Å². The van der Waals surface area contributed by atoms with Crippen molar-refractivity contribution in [3.05, 3.63) is 29.8 Å². The lowest BCUT2D eigenvalue weighted by Crippen LogP contribution is -2.21. The third-order valence-corrected chi connectivity index (χ3v) is 5.17. The molecule has 0 aromatic heterocycles. The molecule has 0 heterocycles. The van der Waals surface area contributed by atoms with E-state index in [9.17, 15) is 23.6 Å². The van der Waals surface area contributed by atoms with Crippen molar-refractivity contribution in [2.24, 2.45) is 5.41 Å². The van der Waals surface area contributed by atoms with Crippen molar-refractivity contribution >= 4 is 15.8 Å². The molecule has 1 saturated carbocycles. The van der Waals surface area contributed by atoms with Crippen LogP contribution in [0.25, 0.3) is 0 Å². The van der Waals surface area contributed by atoms with Gasteiger partial charge in [-0.2, -0.15) is 5.26 Å². The van der Waals surface area contributed by atoms with Crippen molar-refractivity contribution in [3.8, 4) is 11.8 Å². The summed E-state index contributed by atoms with van der Waals surface area (Å²) in [5.74, 6) is -1.69. The Kier molecular flexibility index (Phi) is 3.22. The maximum atomic E-state index is 11.7. The monoisotopic (exact) mass is 295 g/mol. The van der Waals surface area contributed by atoms with Crippen LogP contribution in [-0.2, 0) is 14.6 Å². The fraction of sp³-hybridized carbons (Fsp3) is 0.385. The summed E-state index contributed by atoms with van der Waals surface area (Å²) < 4.78 is 28.5. The highest BCUT2D eigenvalue weighted by molar-refractivity contribution is 7.91. The predicted molar refractivity (Wildman–Crippen MR) is 70.0 cm³/mol. The summed E-state index contributed by atoms with van der Waals surface area (Å²) in [6, 6.07) is 8.07. The van der Waals surface area contributed by atoms with Crippen molar-refractivity contribution in [1.82, 2.24) is 0 Å². The molecule has 7 heteroatoms. The number of hydrogen-bond acceptors (Lipinski definition) is 5. The third-order valence-electron chi connectivity index (χ3n) is 3.61. The Balaban J connectivity index is 2.49. The Morgan fingerprint density at radius 3 is 2.25 bits per heavy atom. The van der Waals surface area contributed by atoms with Crippen molar-refractivity contribution in [1.29, 1.82) is 5.26 Å². The van der Waals surface area contributed by atoms with Crippen molar-refractivity contribution < 1.29 is 23.1 Å². The number of nitriles is 1. The molecule has 0 saturated heterocycles. The van der Waals surface area contributed by atoms with Crippen LogP contribution in [0, 0.1) is 16.7 Å². The van der Waals surface area contributed by atoms with Gasteiger partial charge in [-0.15, -0.1) is 0 Å². The Morgan fingerprint density at radius 2 is 1.95 bits per heavy atom. The number of ether oxygens (including phenoxy) is 1. The molecule has 0 unspecified atom stereocenters. The van der Waals surface area contributed by atoms with Crippen molar-refractivity contribution in [3.63, 3.8) is 0 Å². The molecule has 1 aliphatic carbocycles. The number of sulfone groups is 1. The molecule has 0 radical (unpaired) electrons. The molecule has 6 nitrogen and oxygen atoms in total. The first-order valence-corrected chi connectivity index (χ1v) is 7.72. The molecule has 1 aliphatic rings. The van der Waals surface area contributed by atoms with Crippen LogP contribution in [0.5, 0.6) is 5.75 Å². The van der Waals surface area contributed by atoms with Gasteiger partial charge in [0.05, 0.1) is 13.2 Å². The summed E-state index contributed by atoms with van der Waals surface area (Å²) >= 11 is 0. The Bertz CT molecular complexity index is 688. The maximum absolute atomic E-state index is 11.7. The second kappa shape index (κ2) is 4.49. The Morgan fingerprint density at radius 1 is 1.40 bits per heavy atom. The van der Waals surface area contributed by atoms with Crippen LogP contribution in [-0.4, -0.2) is 38.1 Å². The summed E-state index contributed by atoms with van der Waals surface area (Å²) in [5, 5.41) is 17.2. The topological polar surface area (TPSA) is 104 Å². The van der Waals surface area contributed by atoms with Crippen LogP contribution >= 0.6 is 0 Å². The van der Waals surface area contributed by atoms with E-state index in [1.54, 1.807) is 30.3 Å². The van der Waals surface area contributed by atoms with E-state index in [0.717, 1.165) is 6.26 Å². The van der Waals surface area contributed by atoms with E-state index >= 15 is 0 Å². The first kappa shape index (κ1) is 14.3. The second-order valence-electron chi connectivity index (χ2n) is 4.79. The van der Waals surface area contributed by atoms with Crippen LogP contribution in [0.4, 0.5) is 0 Å². The molecular formula is C13H13NO5S. The first-order chi connectivity index (χ1) is 9.29. The van der Waals surface area contributed by atoms with E-state index in [2.05, 4.69) is 0 Å². The molecule has 106 valence electrons. The average Bonchev–Trinajstić information content (AvgIpc) is 3.09. The summed E-state index contributed by atoms with van der Waals surface area (Å²) in [4.78, 5) is 11.4. The van der Waals surface area contributed by atoms with E-state index in [4.69, 9.17) is 4.74 Å². The fourth-order valence-corrected chi connectivity index (χ4v) is 4.39. The molecule has 3 atom stereocenters. The smallest absolute Gasteiger partial charge is 0.326 e. The van der Waals surface area contributed by atoms with E-state index in [-0.39, 0.29) is 0 Å². The minimum atomic E-state index is -3.64. The molecule has 1 aromatic rings. The van der Waals surface area contributed by atoms with Gasteiger partial charge in [-0.3, -0.25) is 4.79 Å². The summed E-state index contributed by atoms with van der Waals surface area (Å²) in [6.45, 7) is 0. The van der Waals surface area contributed by atoms with Gasteiger partial charge in [0.1, 0.15) is 11.0 Å². The molecule has 1 N–H and O–H groups in total. The summed E-state index contributed by atoms with van der Waals surface area (Å²) in [7, 11) is -2.15. The highest BCUT2D eigenvalue weighted by Gasteiger charge is 2.76. The maximum Gasteiger partial charge on any atom is 0.326 e. The SMILES string of the molecule is COc1ccc([C@@H]2[C@H](S(C)(=O)=O)[C@@]2(C#N)C(=O)O)cc1. The lowest BCUT2D eigenvalue weighted by atomic mass is 10.0. The lowest BCUT2D eigenvalue weighted by Gasteiger charge is -2.03. The second-order valence-corrected chi connectivity index (χ2v) is 6.95. The van der Waals surface area contributed by atoms with Gasteiger partial charge in [0.15, 0.2) is 15.3 Å². The van der Waals surface area contributed by atoms with E-state index in [1.165, 1.54) is 7.11 Å². The van der Waals surface area contributed by atoms with Gasteiger partial charge in [0.2, 0.25) is 0 Å². The minimum absolute atomic E-state index is 0.505. The normalized spacial score (nSPS) is 28.4. The van der Waals surface area contributed by atoms with Crippen LogP contribution in [0.2, 0.25) is 0 Å². The standard InChI is InChI=1S/C13H13NO5S/c1-19-9-5-3-8(4-6-9)10-11(20(2,17)18)13(10,7-14)12(15)16/h3-6,10-11H,1-2H3,(H,15,16)/t10-,11+,13+/m1/s1. The van der Waals surface area contributed by atoms with Gasteiger partial charge in [-0.1, -0.05) is 12.1 Å². The van der Waals surface area contributed by atoms with Gasteiger partial charge in [-0.25, -0.2) is 8.42 Å². The summed E-state index contributed by atoms with van der Waals surface area (Å²) in [6.07, 6.45) is 0.955. The van der Waals surface area contributed by atoms with Crippen LogP contribution < -0.4 is 4.74 Å². The highest BCUT2D eigenvalue weighted by atomic mass is 32.2. The Hall–Kier alpha value is -2.07. The van der Waals surface area contributed by atoms with Crippen molar-refractivity contribution in [2.75, 3.05) is 13.4 Å². The number of rotatable bonds is 4. The largest absolute Gasteiger partial charge is 0.497 e. The molecule has 1 aromatic carbocycles. The van der Waals surface area contributed by atoms with E-state index < -0.39 is 32.4 Å². The number of carboxylic acid groups (broad SMARTS) is 1. The molecule has 2 rings (SSSR count). The number of methoxy groups -OCH3 is 1. The lowest BCUT2D eigenvalue weighted by molar-refractivity contribution is -0.141. The molecule has 0 spiro atoms. The van der Waals surface area contributed by atoms with E-state index in [1.807, 2.05) is 0 Å². The number of benzene rings is 1. The molecule has 20 heavy (non-hydrogen) atoms. The average molecular weight is 295 g/mol. The number of hydrogen-bond donors (Lipinski definition) is 1. The van der Waals surface area contributed by atoms with Gasteiger partial charge in [0.25, 0.3) is 0 Å². The van der Waals surface area contributed by atoms with Crippen LogP contribution in [0.15, 0.2) is 24.3 Å². The first-order valence-electron chi connectivity index (χ1n) is 5.76. The van der Waals surface area contributed by atoms with Crippen molar-refractivity contribution in [2.45, 2.75) is 11.2 Å². The number of carboxylic acids is 1. The van der Waals surface area contributed by atoms with Gasteiger partial charge < -0.3 is 9.84 Å². The fourth-order valence-electron chi connectivity index (χ4n) is 2.63. The molecular weight excluding hydrogens is 282 g/mol. The molecule has 0 aliphatic heterocycles. The summed E-state index contributed by atoms with van der Waals surface area (Å²) in [5.41, 5.74) is -1.40.